The van der Waals surface area contributed by atoms with Gasteiger partial charge in [-0.25, -0.2) is 0 Å². The number of rotatable bonds is 8. The van der Waals surface area contributed by atoms with E-state index in [0.29, 0.717) is 17.7 Å². The molecule has 0 unspecified atom stereocenters. The van der Waals surface area contributed by atoms with Crippen LogP contribution in [0.3, 0.4) is 0 Å². The van der Waals surface area contributed by atoms with E-state index in [1.165, 1.54) is 4.90 Å². The number of nitrogens with zero attached hydrogens (tertiary/aromatic N) is 1. The molecule has 0 aliphatic heterocycles. The van der Waals surface area contributed by atoms with Crippen molar-refractivity contribution >= 4 is 17.8 Å². The highest BCUT2D eigenvalue weighted by molar-refractivity contribution is 6.07. The maximum atomic E-state index is 12.5. The van der Waals surface area contributed by atoms with Crippen LogP contribution in [0.25, 0.3) is 6.08 Å². The van der Waals surface area contributed by atoms with Crippen molar-refractivity contribution in [3.8, 4) is 5.75 Å². The van der Waals surface area contributed by atoms with E-state index in [-0.39, 0.29) is 11.7 Å². The van der Waals surface area contributed by atoms with Gasteiger partial charge in [-0.3, -0.25) is 9.59 Å². The van der Waals surface area contributed by atoms with Gasteiger partial charge in [-0.1, -0.05) is 30.4 Å². The molecule has 4 heteroatoms. The lowest BCUT2D eigenvalue weighted by Crippen LogP contribution is -2.21. The van der Waals surface area contributed by atoms with Gasteiger partial charge >= 0.3 is 0 Å². The van der Waals surface area contributed by atoms with E-state index in [2.05, 4.69) is 6.08 Å². The van der Waals surface area contributed by atoms with Crippen LogP contribution in [0, 0.1) is 0 Å². The zero-order valence-corrected chi connectivity index (χ0v) is 16.9. The van der Waals surface area contributed by atoms with Crippen LogP contribution < -0.4 is 4.74 Å². The number of amides is 1. The Labute approximate surface area is 167 Å². The highest BCUT2D eigenvalue weighted by atomic mass is 16.5. The van der Waals surface area contributed by atoms with E-state index >= 15 is 0 Å². The van der Waals surface area contributed by atoms with E-state index in [4.69, 9.17) is 4.74 Å². The van der Waals surface area contributed by atoms with Gasteiger partial charge in [-0.15, -0.1) is 0 Å². The van der Waals surface area contributed by atoms with Gasteiger partial charge in [0.15, 0.2) is 5.78 Å². The first kappa shape index (κ1) is 21.2. The summed E-state index contributed by atoms with van der Waals surface area (Å²) in [5, 5.41) is 0. The summed E-state index contributed by atoms with van der Waals surface area (Å²) in [6.07, 6.45) is 8.26. The van der Waals surface area contributed by atoms with Crippen LogP contribution in [0.4, 0.5) is 0 Å². The van der Waals surface area contributed by atoms with Crippen LogP contribution in [0.2, 0.25) is 0 Å². The summed E-state index contributed by atoms with van der Waals surface area (Å²) in [6.45, 7) is 4.48. The van der Waals surface area contributed by atoms with Crippen LogP contribution in [0.5, 0.6) is 5.75 Å². The van der Waals surface area contributed by atoms with Gasteiger partial charge in [0.25, 0.3) is 5.91 Å². The minimum absolute atomic E-state index is 0.0890. The van der Waals surface area contributed by atoms with Crippen LogP contribution in [0.15, 0.2) is 60.7 Å². The second-order valence-electron chi connectivity index (χ2n) is 6.55. The van der Waals surface area contributed by atoms with Gasteiger partial charge < -0.3 is 9.64 Å². The Balaban J connectivity index is 2.21. The molecule has 0 atom stereocenters. The molecule has 1 amide bonds. The molecule has 0 saturated carbocycles. The Morgan fingerprint density at radius 2 is 1.71 bits per heavy atom. The van der Waals surface area contributed by atoms with Gasteiger partial charge in [0, 0.05) is 30.8 Å². The third-order valence-electron chi connectivity index (χ3n) is 4.20. The van der Waals surface area contributed by atoms with Gasteiger partial charge in [0.1, 0.15) is 5.75 Å². The Bertz CT molecular complexity index is 877. The van der Waals surface area contributed by atoms with Crippen LogP contribution in [-0.4, -0.2) is 37.3 Å². The minimum Gasteiger partial charge on any atom is -0.493 e. The largest absolute Gasteiger partial charge is 0.493 e. The van der Waals surface area contributed by atoms with Gasteiger partial charge in [-0.05, 0) is 62.2 Å². The fourth-order valence-corrected chi connectivity index (χ4v) is 2.69. The van der Waals surface area contributed by atoms with Crippen molar-refractivity contribution in [2.24, 2.45) is 0 Å². The van der Waals surface area contributed by atoms with Crippen molar-refractivity contribution in [1.29, 1.82) is 0 Å². The smallest absolute Gasteiger partial charge is 0.253 e. The summed E-state index contributed by atoms with van der Waals surface area (Å²) in [6, 6.07) is 12.7. The molecule has 146 valence electrons. The van der Waals surface area contributed by atoms with Crippen LogP contribution >= 0.6 is 0 Å². The molecule has 2 rings (SSSR count). The van der Waals surface area contributed by atoms with Crippen molar-refractivity contribution in [2.75, 3.05) is 20.7 Å². The second-order valence-corrected chi connectivity index (χ2v) is 6.55. The predicted octanol–water partition coefficient (Wildman–Crippen LogP) is 4.80. The SMILES string of the molecule is C/C=C/Cc1ccc(OCC)c(/C=C/C(=O)c2ccc(C(=O)N(C)C)cc2)c1. The number of ether oxygens (including phenoxy) is 1. The summed E-state index contributed by atoms with van der Waals surface area (Å²) in [7, 11) is 3.40. The predicted molar refractivity (Wildman–Crippen MR) is 114 cm³/mol. The number of benzene rings is 2. The minimum atomic E-state index is -0.120. The highest BCUT2D eigenvalue weighted by Gasteiger charge is 2.09. The van der Waals surface area contributed by atoms with Crippen LogP contribution in [0.1, 0.15) is 45.7 Å². The Morgan fingerprint density at radius 3 is 2.32 bits per heavy atom. The normalized spacial score (nSPS) is 11.1. The first-order valence-corrected chi connectivity index (χ1v) is 9.37. The van der Waals surface area contributed by atoms with Crippen molar-refractivity contribution in [1.82, 2.24) is 4.90 Å². The van der Waals surface area contributed by atoms with E-state index < -0.39 is 0 Å². The third-order valence-corrected chi connectivity index (χ3v) is 4.20. The number of carbonyl (C=O) groups excluding carboxylic acids is 2. The second kappa shape index (κ2) is 10.3. The molecule has 2 aromatic carbocycles. The topological polar surface area (TPSA) is 46.6 Å². The average Bonchev–Trinajstić information content (AvgIpc) is 2.71. The van der Waals surface area contributed by atoms with Gasteiger partial charge in [0.05, 0.1) is 6.61 Å². The molecule has 4 nitrogen and oxygen atoms in total. The molecule has 0 heterocycles. The summed E-state index contributed by atoms with van der Waals surface area (Å²) < 4.78 is 5.68. The fourth-order valence-electron chi connectivity index (χ4n) is 2.69. The standard InChI is InChI=1S/C24H27NO3/c1-5-7-8-18-9-16-23(28-6-2)21(17-18)14-15-22(26)19-10-12-20(13-11-19)24(27)25(3)4/h5,7,9-17H,6,8H2,1-4H3/b7-5+,15-14+. The summed E-state index contributed by atoms with van der Waals surface area (Å²) in [4.78, 5) is 26.0. The monoisotopic (exact) mass is 377 g/mol. The third kappa shape index (κ3) is 5.68. The molecular weight excluding hydrogens is 350 g/mol. The molecule has 0 saturated heterocycles. The number of carbonyl (C=O) groups is 2. The van der Waals surface area contributed by atoms with Crippen LogP contribution in [-0.2, 0) is 6.42 Å². The van der Waals surface area contributed by atoms with Crippen molar-refractivity contribution in [3.05, 3.63) is 82.9 Å². The van der Waals surface area contributed by atoms with E-state index in [1.54, 1.807) is 50.5 Å². The first-order chi connectivity index (χ1) is 13.5. The lowest BCUT2D eigenvalue weighted by atomic mass is 10.0. The fraction of sp³-hybridized carbons (Fsp3) is 0.250. The molecule has 0 bridgehead atoms. The molecule has 28 heavy (non-hydrogen) atoms. The molecule has 0 aliphatic carbocycles. The summed E-state index contributed by atoms with van der Waals surface area (Å²) in [5.74, 6) is 0.543. The Morgan fingerprint density at radius 1 is 1.04 bits per heavy atom. The van der Waals surface area contributed by atoms with Crippen molar-refractivity contribution < 1.29 is 14.3 Å². The maximum Gasteiger partial charge on any atom is 0.253 e. The van der Waals surface area contributed by atoms with E-state index in [1.807, 2.05) is 38.1 Å². The molecular formula is C24H27NO3. The molecule has 0 radical (unpaired) electrons. The molecule has 0 aromatic heterocycles. The lowest BCUT2D eigenvalue weighted by Gasteiger charge is -2.10. The summed E-state index contributed by atoms with van der Waals surface area (Å²) in [5.41, 5.74) is 3.12. The quantitative estimate of drug-likeness (QED) is 0.377. The zero-order valence-electron chi connectivity index (χ0n) is 16.9. The molecule has 0 fully saturated rings. The van der Waals surface area contributed by atoms with Crippen molar-refractivity contribution in [3.63, 3.8) is 0 Å². The molecule has 2 aromatic rings. The zero-order chi connectivity index (χ0) is 20.5. The Hall–Kier alpha value is -3.14. The van der Waals surface area contributed by atoms with E-state index in [9.17, 15) is 9.59 Å². The first-order valence-electron chi connectivity index (χ1n) is 9.37. The van der Waals surface area contributed by atoms with Gasteiger partial charge in [0.2, 0.25) is 0 Å². The van der Waals surface area contributed by atoms with Crippen molar-refractivity contribution in [2.45, 2.75) is 20.3 Å². The molecule has 0 N–H and O–H groups in total. The number of allylic oxidation sites excluding steroid dienone is 3. The molecule has 0 spiro atoms. The lowest BCUT2D eigenvalue weighted by molar-refractivity contribution is 0.0827. The van der Waals surface area contributed by atoms with E-state index in [0.717, 1.165) is 23.3 Å². The number of hydrogen-bond donors (Lipinski definition) is 0. The highest BCUT2D eigenvalue weighted by Crippen LogP contribution is 2.23. The Kier molecular flexibility index (Phi) is 7.76. The number of ketones is 1. The summed E-state index contributed by atoms with van der Waals surface area (Å²) >= 11 is 0. The average molecular weight is 377 g/mol. The molecule has 0 aliphatic rings. The van der Waals surface area contributed by atoms with Gasteiger partial charge in [-0.2, -0.15) is 0 Å². The maximum absolute atomic E-state index is 12.5. The number of hydrogen-bond acceptors (Lipinski definition) is 3.